The van der Waals surface area contributed by atoms with Gasteiger partial charge in [0.2, 0.25) is 0 Å². The van der Waals surface area contributed by atoms with Crippen molar-refractivity contribution in [3.63, 3.8) is 0 Å². The molecule has 0 aliphatic heterocycles. The van der Waals surface area contributed by atoms with E-state index in [-0.39, 0.29) is 17.0 Å². The summed E-state index contributed by atoms with van der Waals surface area (Å²) in [6, 6.07) is 0. The maximum Gasteiger partial charge on any atom is 0.295 e. The minimum Gasteiger partial charge on any atom is -0.344 e. The van der Waals surface area contributed by atoms with Crippen LogP contribution in [0.1, 0.15) is 125 Å². The molecule has 0 aliphatic rings. The molecule has 0 saturated carbocycles. The van der Waals surface area contributed by atoms with Crippen LogP contribution in [0.5, 0.6) is 0 Å². The first-order valence-corrected chi connectivity index (χ1v) is 13.9. The van der Waals surface area contributed by atoms with E-state index >= 15 is 0 Å². The summed E-state index contributed by atoms with van der Waals surface area (Å²) in [6.07, 6.45) is 15.2. The SMILES string of the molecule is CCCCCCCCCCCCc1c(C)c(CCCN)c(C)c(S(=O)(=O)O)c1C(C)C.N. The molecule has 0 spiro atoms. The second-order valence-corrected chi connectivity index (χ2v) is 10.8. The minimum atomic E-state index is -4.28. The summed E-state index contributed by atoms with van der Waals surface area (Å²) in [5.41, 5.74) is 10.6. The molecule has 6 N–H and O–H groups in total. The monoisotopic (exact) mass is 470 g/mol. The molecule has 0 aliphatic carbocycles. The van der Waals surface area contributed by atoms with Gasteiger partial charge in [0.05, 0.1) is 0 Å². The Bertz CT molecular complexity index is 774. The Balaban J connectivity index is 0.00000961. The fraction of sp³-hybridized carbons (Fsp3) is 0.769. The quantitative estimate of drug-likeness (QED) is 0.175. The average molecular weight is 471 g/mol. The molecular formula is C26H50N2O3S. The molecule has 0 aromatic heterocycles. The molecule has 188 valence electrons. The maximum atomic E-state index is 12.3. The lowest BCUT2D eigenvalue weighted by Crippen LogP contribution is -2.16. The van der Waals surface area contributed by atoms with Crippen LogP contribution in [0, 0.1) is 13.8 Å². The van der Waals surface area contributed by atoms with Crippen LogP contribution in [-0.2, 0) is 23.0 Å². The van der Waals surface area contributed by atoms with Gasteiger partial charge in [0.15, 0.2) is 0 Å². The van der Waals surface area contributed by atoms with E-state index in [2.05, 4.69) is 13.8 Å². The normalized spacial score (nSPS) is 11.8. The molecule has 5 nitrogen and oxygen atoms in total. The van der Waals surface area contributed by atoms with Crippen molar-refractivity contribution < 1.29 is 13.0 Å². The van der Waals surface area contributed by atoms with Gasteiger partial charge in [-0.1, -0.05) is 78.6 Å². The van der Waals surface area contributed by atoms with Gasteiger partial charge in [0.25, 0.3) is 10.1 Å². The third-order valence-electron chi connectivity index (χ3n) is 6.51. The van der Waals surface area contributed by atoms with Crippen molar-refractivity contribution in [2.75, 3.05) is 6.54 Å². The molecule has 0 fully saturated rings. The lowest BCUT2D eigenvalue weighted by Gasteiger charge is -2.25. The highest BCUT2D eigenvalue weighted by molar-refractivity contribution is 7.86. The molecule has 0 radical (unpaired) electrons. The van der Waals surface area contributed by atoms with Gasteiger partial charge in [-0.05, 0) is 79.8 Å². The number of hydrogen-bond donors (Lipinski definition) is 3. The number of hydrogen-bond acceptors (Lipinski definition) is 4. The van der Waals surface area contributed by atoms with E-state index in [0.717, 1.165) is 42.4 Å². The van der Waals surface area contributed by atoms with Crippen LogP contribution in [0.25, 0.3) is 0 Å². The molecule has 0 saturated heterocycles. The third-order valence-corrected chi connectivity index (χ3v) is 7.56. The fourth-order valence-electron chi connectivity index (χ4n) is 4.85. The predicted octanol–water partition coefficient (Wildman–Crippen LogP) is 7.19. The molecule has 0 bridgehead atoms. The van der Waals surface area contributed by atoms with Gasteiger partial charge in [-0.25, -0.2) is 0 Å². The van der Waals surface area contributed by atoms with Gasteiger partial charge in [0, 0.05) is 0 Å². The topological polar surface area (TPSA) is 115 Å². The highest BCUT2D eigenvalue weighted by Crippen LogP contribution is 2.37. The van der Waals surface area contributed by atoms with Gasteiger partial charge < -0.3 is 11.9 Å². The van der Waals surface area contributed by atoms with E-state index < -0.39 is 10.1 Å². The van der Waals surface area contributed by atoms with Crippen molar-refractivity contribution in [1.29, 1.82) is 0 Å². The summed E-state index contributed by atoms with van der Waals surface area (Å²) in [7, 11) is -4.28. The van der Waals surface area contributed by atoms with E-state index in [0.29, 0.717) is 12.1 Å². The molecule has 32 heavy (non-hydrogen) atoms. The summed E-state index contributed by atoms with van der Waals surface area (Å²) in [4.78, 5) is 0.141. The first kappa shape index (κ1) is 31.0. The Kier molecular flexibility index (Phi) is 15.3. The first-order chi connectivity index (χ1) is 14.7. The van der Waals surface area contributed by atoms with Gasteiger partial charge >= 0.3 is 0 Å². The highest BCUT2D eigenvalue weighted by Gasteiger charge is 2.27. The summed E-state index contributed by atoms with van der Waals surface area (Å²) < 4.78 is 34.7. The summed E-state index contributed by atoms with van der Waals surface area (Å²) in [6.45, 7) is 10.8. The standard InChI is InChI=1S/C26H47NO3S.H3N/c1-6-7-8-9-10-11-12-13-14-15-17-24-21(4)23(18-16-19-27)22(5)26(31(28,29)30)25(24)20(2)3;/h20H,6-19,27H2,1-5H3,(H,28,29,30);1H3. The smallest absolute Gasteiger partial charge is 0.295 e. The van der Waals surface area contributed by atoms with E-state index in [1.807, 2.05) is 20.8 Å². The summed E-state index contributed by atoms with van der Waals surface area (Å²) in [5.74, 6) is 0.0380. The van der Waals surface area contributed by atoms with Crippen molar-refractivity contribution in [3.05, 3.63) is 27.8 Å². The Labute approximate surface area is 198 Å². The molecule has 0 amide bonds. The Morgan fingerprint density at radius 2 is 1.25 bits per heavy atom. The van der Waals surface area contributed by atoms with Gasteiger partial charge in [-0.3, -0.25) is 4.55 Å². The molecule has 6 heteroatoms. The van der Waals surface area contributed by atoms with Crippen LogP contribution in [0.4, 0.5) is 0 Å². The lowest BCUT2D eigenvalue weighted by atomic mass is 9.84. The molecule has 0 atom stereocenters. The molecule has 1 rings (SSSR count). The van der Waals surface area contributed by atoms with Crippen LogP contribution in [0.3, 0.4) is 0 Å². The van der Waals surface area contributed by atoms with E-state index in [1.54, 1.807) is 0 Å². The van der Waals surface area contributed by atoms with Crippen LogP contribution >= 0.6 is 0 Å². The van der Waals surface area contributed by atoms with Crippen LogP contribution < -0.4 is 11.9 Å². The second kappa shape index (κ2) is 15.8. The van der Waals surface area contributed by atoms with Crippen LogP contribution in [-0.4, -0.2) is 19.5 Å². The van der Waals surface area contributed by atoms with E-state index in [1.165, 1.54) is 63.4 Å². The minimum absolute atomic E-state index is 0. The molecule has 1 aromatic rings. The average Bonchev–Trinajstić information content (AvgIpc) is 2.69. The second-order valence-electron chi connectivity index (χ2n) is 9.40. The largest absolute Gasteiger partial charge is 0.344 e. The molecule has 0 heterocycles. The number of unbranched alkanes of at least 4 members (excludes halogenated alkanes) is 9. The van der Waals surface area contributed by atoms with Gasteiger partial charge in [0.1, 0.15) is 4.90 Å². The number of nitrogens with two attached hydrogens (primary N) is 1. The van der Waals surface area contributed by atoms with Crippen molar-refractivity contribution in [1.82, 2.24) is 6.15 Å². The summed E-state index contributed by atoms with van der Waals surface area (Å²) in [5, 5.41) is 0. The molecular weight excluding hydrogens is 420 g/mol. The Morgan fingerprint density at radius 3 is 1.69 bits per heavy atom. The predicted molar refractivity (Wildman–Crippen MR) is 138 cm³/mol. The third kappa shape index (κ3) is 9.50. The van der Waals surface area contributed by atoms with Crippen molar-refractivity contribution >= 4 is 10.1 Å². The number of benzene rings is 1. The molecule has 0 unspecified atom stereocenters. The van der Waals surface area contributed by atoms with Crippen molar-refractivity contribution in [2.24, 2.45) is 5.73 Å². The van der Waals surface area contributed by atoms with Crippen LogP contribution in [0.15, 0.2) is 4.90 Å². The summed E-state index contributed by atoms with van der Waals surface area (Å²) >= 11 is 0. The van der Waals surface area contributed by atoms with Crippen LogP contribution in [0.2, 0.25) is 0 Å². The fourth-order valence-corrected chi connectivity index (χ4v) is 6.00. The Morgan fingerprint density at radius 1 is 0.781 bits per heavy atom. The Hall–Kier alpha value is -0.950. The highest BCUT2D eigenvalue weighted by atomic mass is 32.2. The maximum absolute atomic E-state index is 12.3. The first-order valence-electron chi connectivity index (χ1n) is 12.5. The zero-order valence-electron chi connectivity index (χ0n) is 21.4. The zero-order chi connectivity index (χ0) is 23.4. The number of rotatable bonds is 16. The van der Waals surface area contributed by atoms with Crippen molar-refractivity contribution in [2.45, 2.75) is 129 Å². The van der Waals surface area contributed by atoms with Gasteiger partial charge in [-0.2, -0.15) is 8.42 Å². The zero-order valence-corrected chi connectivity index (χ0v) is 22.2. The van der Waals surface area contributed by atoms with E-state index in [4.69, 9.17) is 5.73 Å². The lowest BCUT2D eigenvalue weighted by molar-refractivity contribution is 0.480. The van der Waals surface area contributed by atoms with E-state index in [9.17, 15) is 13.0 Å². The molecule has 1 aromatic carbocycles. The van der Waals surface area contributed by atoms with Crippen molar-refractivity contribution in [3.8, 4) is 0 Å². The van der Waals surface area contributed by atoms with Gasteiger partial charge in [-0.15, -0.1) is 0 Å².